The Morgan fingerprint density at radius 1 is 0.862 bits per heavy atom. The number of ketones is 1. The summed E-state index contributed by atoms with van der Waals surface area (Å²) in [5, 5.41) is 0. The molecule has 5 nitrogen and oxygen atoms in total. The van der Waals surface area contributed by atoms with E-state index in [4.69, 9.17) is 9.47 Å². The van der Waals surface area contributed by atoms with Gasteiger partial charge in [-0.15, -0.1) is 0 Å². The molecule has 1 aliphatic rings. The highest BCUT2D eigenvalue weighted by atomic mass is 16.5. The Labute approximate surface area is 169 Å². The van der Waals surface area contributed by atoms with E-state index in [1.807, 2.05) is 72.6 Å². The molecule has 0 aromatic heterocycles. The number of hydrogen-bond donors (Lipinski definition) is 0. The van der Waals surface area contributed by atoms with Gasteiger partial charge in [0.15, 0.2) is 11.3 Å². The summed E-state index contributed by atoms with van der Waals surface area (Å²) in [4.78, 5) is 27.1. The molecule has 0 saturated heterocycles. The van der Waals surface area contributed by atoms with Gasteiger partial charge in [0, 0.05) is 25.2 Å². The lowest BCUT2D eigenvalue weighted by atomic mass is 9.78. The SMILES string of the molecule is COc1ccc(C2(c3ccc(OC(C)=O)cc3)C(=O)c3ccccc3N2C)cc1. The summed E-state index contributed by atoms with van der Waals surface area (Å²) < 4.78 is 10.5. The zero-order valence-corrected chi connectivity index (χ0v) is 16.5. The highest BCUT2D eigenvalue weighted by Crippen LogP contribution is 2.48. The molecule has 0 N–H and O–H groups in total. The first-order chi connectivity index (χ1) is 14.0. The van der Waals surface area contributed by atoms with Crippen molar-refractivity contribution < 1.29 is 19.1 Å². The van der Waals surface area contributed by atoms with Crippen molar-refractivity contribution in [3.63, 3.8) is 0 Å². The van der Waals surface area contributed by atoms with E-state index in [0.29, 0.717) is 11.3 Å². The monoisotopic (exact) mass is 387 g/mol. The normalized spacial score (nSPS) is 17.8. The molecule has 1 aliphatic heterocycles. The van der Waals surface area contributed by atoms with E-state index in [9.17, 15) is 9.59 Å². The molecule has 1 atom stereocenters. The largest absolute Gasteiger partial charge is 0.497 e. The van der Waals surface area contributed by atoms with Gasteiger partial charge in [-0.25, -0.2) is 0 Å². The van der Waals surface area contributed by atoms with Crippen molar-refractivity contribution in [2.75, 3.05) is 19.1 Å². The van der Waals surface area contributed by atoms with Crippen LogP contribution in [0.1, 0.15) is 28.4 Å². The van der Waals surface area contributed by atoms with E-state index < -0.39 is 5.54 Å². The molecule has 1 heterocycles. The maximum atomic E-state index is 13.8. The molecular weight excluding hydrogens is 366 g/mol. The molecule has 0 aliphatic carbocycles. The molecule has 0 radical (unpaired) electrons. The summed E-state index contributed by atoms with van der Waals surface area (Å²) >= 11 is 0. The van der Waals surface area contributed by atoms with Crippen LogP contribution in [-0.4, -0.2) is 25.9 Å². The summed E-state index contributed by atoms with van der Waals surface area (Å²) in [7, 11) is 3.54. The van der Waals surface area contributed by atoms with Crippen LogP contribution in [0.15, 0.2) is 72.8 Å². The summed E-state index contributed by atoms with van der Waals surface area (Å²) in [6.07, 6.45) is 0. The molecule has 0 amide bonds. The number of rotatable bonds is 4. The van der Waals surface area contributed by atoms with Gasteiger partial charge in [-0.3, -0.25) is 9.59 Å². The number of hydrogen-bond acceptors (Lipinski definition) is 5. The number of likely N-dealkylation sites (N-methyl/N-ethyl adjacent to an activating group) is 1. The minimum atomic E-state index is -1.02. The molecule has 0 spiro atoms. The Morgan fingerprint density at radius 2 is 1.41 bits per heavy atom. The summed E-state index contributed by atoms with van der Waals surface area (Å²) in [5.41, 5.74) is 2.15. The summed E-state index contributed by atoms with van der Waals surface area (Å²) in [6.45, 7) is 1.36. The average molecular weight is 387 g/mol. The van der Waals surface area contributed by atoms with E-state index in [-0.39, 0.29) is 11.8 Å². The number of Topliss-reactive ketones (excluding diaryl/α,β-unsaturated/α-hetero) is 1. The van der Waals surface area contributed by atoms with Crippen molar-refractivity contribution >= 4 is 17.4 Å². The van der Waals surface area contributed by atoms with Crippen molar-refractivity contribution in [1.29, 1.82) is 0 Å². The highest BCUT2D eigenvalue weighted by molar-refractivity contribution is 6.16. The van der Waals surface area contributed by atoms with Crippen LogP contribution in [0.4, 0.5) is 5.69 Å². The lowest BCUT2D eigenvalue weighted by Gasteiger charge is -2.37. The van der Waals surface area contributed by atoms with Crippen LogP contribution >= 0.6 is 0 Å². The number of methoxy groups -OCH3 is 1. The summed E-state index contributed by atoms with van der Waals surface area (Å²) in [6, 6.07) is 22.2. The maximum Gasteiger partial charge on any atom is 0.308 e. The predicted octanol–water partition coefficient (Wildman–Crippen LogP) is 4.20. The Hall–Kier alpha value is -3.60. The summed E-state index contributed by atoms with van der Waals surface area (Å²) in [5.74, 6) is 0.779. The number of esters is 1. The molecule has 3 aromatic carbocycles. The van der Waals surface area contributed by atoms with E-state index in [2.05, 4.69) is 0 Å². The molecule has 0 saturated carbocycles. The van der Waals surface area contributed by atoms with Crippen LogP contribution in [0.2, 0.25) is 0 Å². The zero-order valence-electron chi connectivity index (χ0n) is 16.5. The molecule has 5 heteroatoms. The number of anilines is 1. The topological polar surface area (TPSA) is 55.8 Å². The van der Waals surface area contributed by atoms with Gasteiger partial charge in [0.2, 0.25) is 0 Å². The van der Waals surface area contributed by atoms with Crippen molar-refractivity contribution in [2.24, 2.45) is 0 Å². The van der Waals surface area contributed by atoms with Crippen LogP contribution in [-0.2, 0) is 10.3 Å². The lowest BCUT2D eigenvalue weighted by molar-refractivity contribution is -0.131. The van der Waals surface area contributed by atoms with E-state index in [1.54, 1.807) is 19.2 Å². The van der Waals surface area contributed by atoms with Gasteiger partial charge >= 0.3 is 5.97 Å². The Kier molecular flexibility index (Phi) is 4.59. The molecule has 1 unspecified atom stereocenters. The van der Waals surface area contributed by atoms with Gasteiger partial charge in [0.05, 0.1) is 7.11 Å². The minimum Gasteiger partial charge on any atom is -0.497 e. The smallest absolute Gasteiger partial charge is 0.308 e. The maximum absolute atomic E-state index is 13.8. The number of para-hydroxylation sites is 1. The molecule has 146 valence electrons. The molecule has 3 aromatic rings. The van der Waals surface area contributed by atoms with Crippen LogP contribution in [0.3, 0.4) is 0 Å². The third-order valence-corrected chi connectivity index (χ3v) is 5.38. The van der Waals surface area contributed by atoms with Crippen LogP contribution in [0.25, 0.3) is 0 Å². The lowest BCUT2D eigenvalue weighted by Crippen LogP contribution is -2.46. The number of carbonyl (C=O) groups excluding carboxylic acids is 2. The van der Waals surface area contributed by atoms with E-state index in [0.717, 1.165) is 22.6 Å². The fourth-order valence-corrected chi connectivity index (χ4v) is 4.06. The van der Waals surface area contributed by atoms with E-state index in [1.165, 1.54) is 6.92 Å². The fraction of sp³-hybridized carbons (Fsp3) is 0.167. The average Bonchev–Trinajstić information content (AvgIpc) is 2.97. The molecule has 0 fully saturated rings. The number of nitrogens with zero attached hydrogens (tertiary/aromatic N) is 1. The van der Waals surface area contributed by atoms with Crippen molar-refractivity contribution in [3.05, 3.63) is 89.5 Å². The second-order valence-electron chi connectivity index (χ2n) is 6.96. The van der Waals surface area contributed by atoms with Crippen LogP contribution in [0, 0.1) is 0 Å². The fourth-order valence-electron chi connectivity index (χ4n) is 4.06. The number of carbonyl (C=O) groups is 2. The van der Waals surface area contributed by atoms with Gasteiger partial charge in [0.25, 0.3) is 0 Å². The standard InChI is InChI=1S/C24H21NO4/c1-16(26)29-20-14-10-18(11-15-20)24(17-8-12-19(28-3)13-9-17)23(27)21-6-4-5-7-22(21)25(24)2/h4-15H,1-3H3. The van der Waals surface area contributed by atoms with Gasteiger partial charge in [-0.1, -0.05) is 36.4 Å². The van der Waals surface area contributed by atoms with Gasteiger partial charge < -0.3 is 14.4 Å². The van der Waals surface area contributed by atoms with Crippen molar-refractivity contribution in [3.8, 4) is 11.5 Å². The third kappa shape index (κ3) is 2.86. The quantitative estimate of drug-likeness (QED) is 0.496. The van der Waals surface area contributed by atoms with E-state index >= 15 is 0 Å². The van der Waals surface area contributed by atoms with Crippen molar-refractivity contribution in [2.45, 2.75) is 12.5 Å². The Morgan fingerprint density at radius 3 is 1.93 bits per heavy atom. The van der Waals surface area contributed by atoms with Gasteiger partial charge in [-0.05, 0) is 47.5 Å². The number of benzene rings is 3. The first-order valence-electron chi connectivity index (χ1n) is 9.29. The number of fused-ring (bicyclic) bond motifs is 1. The van der Waals surface area contributed by atoms with Gasteiger partial charge in [0.1, 0.15) is 11.5 Å². The second-order valence-corrected chi connectivity index (χ2v) is 6.96. The minimum absolute atomic E-state index is 0.000929. The molecule has 4 rings (SSSR count). The molecule has 29 heavy (non-hydrogen) atoms. The first-order valence-corrected chi connectivity index (χ1v) is 9.29. The predicted molar refractivity (Wildman–Crippen MR) is 111 cm³/mol. The Balaban J connectivity index is 1.91. The van der Waals surface area contributed by atoms with Crippen LogP contribution < -0.4 is 14.4 Å². The Bertz CT molecular complexity index is 1070. The van der Waals surface area contributed by atoms with Crippen LogP contribution in [0.5, 0.6) is 11.5 Å². The number of ether oxygens (including phenoxy) is 2. The molecular formula is C24H21NO4. The first kappa shape index (κ1) is 18.7. The third-order valence-electron chi connectivity index (χ3n) is 5.38. The van der Waals surface area contributed by atoms with Crippen molar-refractivity contribution in [1.82, 2.24) is 0 Å². The van der Waals surface area contributed by atoms with Gasteiger partial charge in [-0.2, -0.15) is 0 Å². The second kappa shape index (κ2) is 7.09. The zero-order chi connectivity index (χ0) is 20.6. The molecule has 0 bridgehead atoms. The highest BCUT2D eigenvalue weighted by Gasteiger charge is 2.52.